The Balaban J connectivity index is 1.13. The molecule has 2 heterocycles. The predicted molar refractivity (Wildman–Crippen MR) is 192 cm³/mol. The van der Waals surface area contributed by atoms with Crippen LogP contribution in [0.5, 0.6) is 0 Å². The fourth-order valence-corrected chi connectivity index (χ4v) is 14.9. The van der Waals surface area contributed by atoms with Crippen LogP contribution in [0.3, 0.4) is 0 Å². The van der Waals surface area contributed by atoms with Crippen molar-refractivity contribution in [1.29, 1.82) is 0 Å². The third kappa shape index (κ3) is 5.58. The number of ketones is 1. The number of aliphatic hydroxyl groups is 7. The van der Waals surface area contributed by atoms with Crippen LogP contribution in [0.2, 0.25) is 0 Å². The van der Waals surface area contributed by atoms with Crippen LogP contribution in [0, 0.1) is 56.2 Å². The van der Waals surface area contributed by atoms with Crippen molar-refractivity contribution in [3.8, 4) is 0 Å². The number of hydrogen-bond acceptors (Lipinski definition) is 12. The molecular weight excluding hydrogens is 684 g/mol. The molecule has 12 heteroatoms. The number of aliphatic hydroxyl groups excluding tert-OH is 7. The lowest BCUT2D eigenvalue weighted by Crippen LogP contribution is -2.72. The second-order valence-electron chi connectivity index (χ2n) is 20.5. The molecule has 0 spiro atoms. The number of hydrogen-bond donors (Lipinski definition) is 7. The van der Waals surface area contributed by atoms with Crippen LogP contribution < -0.4 is 0 Å². The normalized spacial score (nSPS) is 59.2. The maximum Gasteiger partial charge on any atom is 0.187 e. The molecule has 7 N–H and O–H groups in total. The number of rotatable bonds is 5. The van der Waals surface area contributed by atoms with Crippen LogP contribution in [0.15, 0.2) is 0 Å². The van der Waals surface area contributed by atoms with Gasteiger partial charge in [-0.2, -0.15) is 0 Å². The van der Waals surface area contributed by atoms with Crippen molar-refractivity contribution >= 4 is 5.78 Å². The highest BCUT2D eigenvalue weighted by Gasteiger charge is 2.75. The van der Waals surface area contributed by atoms with E-state index in [1.165, 1.54) is 0 Å². The van der Waals surface area contributed by atoms with E-state index in [2.05, 4.69) is 41.5 Å². The van der Waals surface area contributed by atoms with Crippen LogP contribution >= 0.6 is 0 Å². The molecule has 0 bridgehead atoms. The molecule has 5 aliphatic carbocycles. The molecule has 304 valence electrons. The van der Waals surface area contributed by atoms with E-state index in [-0.39, 0.29) is 69.2 Å². The first-order chi connectivity index (χ1) is 24.5. The summed E-state index contributed by atoms with van der Waals surface area (Å²) < 4.78 is 24.4. The number of Topliss-reactive ketones (excluding diaryl/α,β-unsaturated/α-hetero) is 1. The van der Waals surface area contributed by atoms with Gasteiger partial charge in [0, 0.05) is 11.3 Å². The summed E-state index contributed by atoms with van der Waals surface area (Å²) in [4.78, 5) is 13.1. The van der Waals surface area contributed by atoms with Crippen LogP contribution in [-0.4, -0.2) is 122 Å². The van der Waals surface area contributed by atoms with Gasteiger partial charge in [0.25, 0.3) is 0 Å². The molecule has 0 amide bonds. The first kappa shape index (κ1) is 40.4. The molecule has 12 nitrogen and oxygen atoms in total. The van der Waals surface area contributed by atoms with Crippen molar-refractivity contribution in [3.63, 3.8) is 0 Å². The quantitative estimate of drug-likeness (QED) is 0.203. The SMILES string of the molecule is CC(=O)[C@@]1(C)CC[C@]2(C)[C@H]1[C@@H](O)C[C@]1(C)[C@@H]2[C@H](O)C[C@H]2[C@]3(C)CC[C@H](O[C@H]4OC[C@H](O)[C@@H](O)[C@@H]4O[C@H]4O[C@@H](C)[C@H](O)[C@@H](O)[C@@H]4O)C(C)(C)[C@@H]3CC[C@]21C. The summed E-state index contributed by atoms with van der Waals surface area (Å²) in [5.41, 5.74) is -1.96. The smallest absolute Gasteiger partial charge is 0.187 e. The minimum absolute atomic E-state index is 0.0279. The summed E-state index contributed by atoms with van der Waals surface area (Å²) in [7, 11) is 0. The summed E-state index contributed by atoms with van der Waals surface area (Å²) in [6, 6.07) is 0. The summed E-state index contributed by atoms with van der Waals surface area (Å²) >= 11 is 0. The van der Waals surface area contributed by atoms with Gasteiger partial charge in [-0.25, -0.2) is 0 Å². The summed E-state index contributed by atoms with van der Waals surface area (Å²) in [6.45, 7) is 18.9. The zero-order valence-corrected chi connectivity index (χ0v) is 33.3. The molecule has 5 saturated carbocycles. The predicted octanol–water partition coefficient (Wildman–Crippen LogP) is 2.68. The summed E-state index contributed by atoms with van der Waals surface area (Å²) in [6.07, 6.45) is -7.07. The Bertz CT molecular complexity index is 1410. The number of carbonyl (C=O) groups excluding carboxylic acids is 1. The summed E-state index contributed by atoms with van der Waals surface area (Å²) in [5, 5.41) is 77.3. The topological polar surface area (TPSA) is 196 Å². The molecule has 7 fully saturated rings. The van der Waals surface area contributed by atoms with Gasteiger partial charge in [0.15, 0.2) is 12.6 Å². The van der Waals surface area contributed by atoms with Crippen molar-refractivity contribution < 1.29 is 59.5 Å². The lowest BCUT2D eigenvalue weighted by atomic mass is 9.31. The first-order valence-electron chi connectivity index (χ1n) is 20.3. The largest absolute Gasteiger partial charge is 0.393 e. The average molecular weight is 753 g/mol. The van der Waals surface area contributed by atoms with Gasteiger partial charge in [-0.3, -0.25) is 4.79 Å². The molecule has 0 unspecified atom stereocenters. The molecule has 7 rings (SSSR count). The zero-order valence-electron chi connectivity index (χ0n) is 33.3. The molecule has 7 aliphatic rings. The molecule has 2 saturated heterocycles. The standard InChI is InChI=1S/C41H68O12/c1-19-27(46)29(48)30(49)34(51-19)53-31-28(47)23(45)18-50-35(31)52-26-11-12-38(6)24(36(26,3)4)10-13-40(8)25(38)16-21(43)33-39(7)15-14-37(5,20(2)42)32(39)22(44)17-41(33,40)9/h19,21-35,43-49H,10-18H2,1-9H3/t19-,21+,22-,23-,24-,25-,26-,27-,28+,29+,30-,31-,32-,33+,34+,35+,37+,38+,39+,40+,41+/m0/s1. The Morgan fingerprint density at radius 3 is 2.00 bits per heavy atom. The Kier molecular flexibility index (Phi) is 10.0. The van der Waals surface area contributed by atoms with Gasteiger partial charge in [0.05, 0.1) is 31.0 Å². The minimum Gasteiger partial charge on any atom is -0.393 e. The van der Waals surface area contributed by atoms with Gasteiger partial charge >= 0.3 is 0 Å². The highest BCUT2D eigenvalue weighted by Crippen LogP contribution is 2.78. The molecule has 0 radical (unpaired) electrons. The van der Waals surface area contributed by atoms with E-state index >= 15 is 0 Å². The molecule has 0 aromatic carbocycles. The monoisotopic (exact) mass is 752 g/mol. The number of carbonyl (C=O) groups is 1. The maximum absolute atomic E-state index is 13.1. The zero-order chi connectivity index (χ0) is 39.0. The van der Waals surface area contributed by atoms with Gasteiger partial charge in [0.2, 0.25) is 0 Å². The van der Waals surface area contributed by atoms with Gasteiger partial charge in [-0.1, -0.05) is 48.5 Å². The van der Waals surface area contributed by atoms with E-state index < -0.39 is 72.9 Å². The molecule has 2 aliphatic heterocycles. The third-order valence-electron chi connectivity index (χ3n) is 17.8. The van der Waals surface area contributed by atoms with Gasteiger partial charge in [-0.15, -0.1) is 0 Å². The van der Waals surface area contributed by atoms with Crippen LogP contribution in [-0.2, 0) is 23.7 Å². The highest BCUT2D eigenvalue weighted by molar-refractivity contribution is 5.83. The average Bonchev–Trinajstić information content (AvgIpc) is 3.36. The van der Waals surface area contributed by atoms with E-state index in [0.29, 0.717) is 19.3 Å². The molecular formula is C41H68O12. The molecule has 0 aromatic heterocycles. The number of ether oxygens (including phenoxy) is 4. The van der Waals surface area contributed by atoms with E-state index in [9.17, 15) is 40.5 Å². The second kappa shape index (κ2) is 13.1. The highest BCUT2D eigenvalue weighted by atomic mass is 16.8. The first-order valence-corrected chi connectivity index (χ1v) is 20.3. The van der Waals surface area contributed by atoms with Crippen molar-refractivity contribution in [2.75, 3.05) is 6.61 Å². The van der Waals surface area contributed by atoms with E-state index in [1.54, 1.807) is 13.8 Å². The van der Waals surface area contributed by atoms with Crippen LogP contribution in [0.25, 0.3) is 0 Å². The second-order valence-corrected chi connectivity index (χ2v) is 20.5. The van der Waals surface area contributed by atoms with Crippen LogP contribution in [0.4, 0.5) is 0 Å². The van der Waals surface area contributed by atoms with Crippen molar-refractivity contribution in [2.24, 2.45) is 56.2 Å². The fourth-order valence-electron chi connectivity index (χ4n) is 14.9. The maximum atomic E-state index is 13.1. The van der Waals surface area contributed by atoms with E-state index in [4.69, 9.17) is 18.9 Å². The minimum atomic E-state index is -1.60. The lowest BCUT2D eigenvalue weighted by molar-refractivity contribution is -0.365. The summed E-state index contributed by atoms with van der Waals surface area (Å²) in [5.74, 6) is 0.322. The van der Waals surface area contributed by atoms with Gasteiger partial charge in [-0.05, 0) is 110 Å². The Morgan fingerprint density at radius 1 is 0.660 bits per heavy atom. The molecule has 0 aromatic rings. The van der Waals surface area contributed by atoms with Crippen molar-refractivity contribution in [2.45, 2.75) is 187 Å². The number of fused-ring (bicyclic) bond motifs is 7. The van der Waals surface area contributed by atoms with Crippen molar-refractivity contribution in [3.05, 3.63) is 0 Å². The molecule has 53 heavy (non-hydrogen) atoms. The molecule has 21 atom stereocenters. The fraction of sp³-hybridized carbons (Fsp3) is 0.976. The lowest BCUT2D eigenvalue weighted by Gasteiger charge is -2.74. The Morgan fingerprint density at radius 2 is 1.34 bits per heavy atom. The Labute approximate surface area is 314 Å². The van der Waals surface area contributed by atoms with E-state index in [1.807, 2.05) is 6.92 Å². The van der Waals surface area contributed by atoms with Crippen molar-refractivity contribution in [1.82, 2.24) is 0 Å². The Hall–Kier alpha value is -0.770. The third-order valence-corrected chi connectivity index (χ3v) is 17.8. The van der Waals surface area contributed by atoms with E-state index in [0.717, 1.165) is 32.1 Å². The van der Waals surface area contributed by atoms with Crippen LogP contribution in [0.1, 0.15) is 114 Å². The van der Waals surface area contributed by atoms with Gasteiger partial charge < -0.3 is 54.7 Å². The van der Waals surface area contributed by atoms with Gasteiger partial charge in [0.1, 0.15) is 42.4 Å².